The number of carbonyl (C=O) groups is 3. The highest BCUT2D eigenvalue weighted by Gasteiger charge is 2.35. The highest BCUT2D eigenvalue weighted by molar-refractivity contribution is 7.12. The molecule has 2 aliphatic heterocycles. The van der Waals surface area contributed by atoms with Crippen molar-refractivity contribution in [3.63, 3.8) is 0 Å². The summed E-state index contributed by atoms with van der Waals surface area (Å²) in [5.41, 5.74) is 1.78. The van der Waals surface area contributed by atoms with Crippen LogP contribution in [-0.4, -0.2) is 53.0 Å². The Hall–Kier alpha value is -2.97. The number of carboxylic acids is 2. The molecule has 1 atom stereocenters. The largest absolute Gasteiger partial charge is 0.485 e. The van der Waals surface area contributed by atoms with Gasteiger partial charge in [-0.2, -0.15) is 0 Å². The summed E-state index contributed by atoms with van der Waals surface area (Å²) >= 11 is 1.54. The molecule has 1 unspecified atom stereocenters. The SMILES string of the molecule is CN1CCC(C2Oc3ccccc3C(=O)c3sccc32)CC1.O=C(O)/C=C/C(=O)O. The van der Waals surface area contributed by atoms with Gasteiger partial charge in [0.25, 0.3) is 0 Å². The fourth-order valence-electron chi connectivity index (χ4n) is 3.63. The molecule has 2 aromatic rings. The zero-order valence-corrected chi connectivity index (χ0v) is 17.3. The third kappa shape index (κ3) is 5.14. The van der Waals surface area contributed by atoms with Crippen LogP contribution in [0.4, 0.5) is 0 Å². The number of benzene rings is 1. The van der Waals surface area contributed by atoms with Crippen molar-refractivity contribution < 1.29 is 29.3 Å². The number of likely N-dealkylation sites (tertiary alicyclic amines) is 1. The fourth-order valence-corrected chi connectivity index (χ4v) is 4.52. The number of ether oxygens (including phenoxy) is 1. The molecule has 8 heteroatoms. The molecule has 4 rings (SSSR count). The fraction of sp³-hybridized carbons (Fsp3) is 0.318. The molecule has 1 aromatic heterocycles. The topological polar surface area (TPSA) is 104 Å². The molecule has 2 N–H and O–H groups in total. The van der Waals surface area contributed by atoms with Gasteiger partial charge in [-0.05, 0) is 56.6 Å². The summed E-state index contributed by atoms with van der Waals surface area (Å²) in [6.45, 7) is 2.19. The lowest BCUT2D eigenvalue weighted by molar-refractivity contribution is -0.134. The number of thiophene rings is 1. The van der Waals surface area contributed by atoms with Gasteiger partial charge < -0.3 is 19.8 Å². The van der Waals surface area contributed by atoms with E-state index in [1.165, 1.54) is 11.3 Å². The van der Waals surface area contributed by atoms with Crippen LogP contribution >= 0.6 is 11.3 Å². The van der Waals surface area contributed by atoms with E-state index < -0.39 is 11.9 Å². The summed E-state index contributed by atoms with van der Waals surface area (Å²) in [6, 6.07) is 9.72. The van der Waals surface area contributed by atoms with Crippen molar-refractivity contribution >= 4 is 29.1 Å². The maximum absolute atomic E-state index is 12.8. The number of fused-ring (bicyclic) bond motifs is 2. The van der Waals surface area contributed by atoms with Crippen LogP contribution < -0.4 is 4.74 Å². The first kappa shape index (κ1) is 21.7. The summed E-state index contributed by atoms with van der Waals surface area (Å²) in [5.74, 6) is -1.20. The Balaban J connectivity index is 0.000000275. The van der Waals surface area contributed by atoms with E-state index in [0.29, 0.717) is 23.6 Å². The van der Waals surface area contributed by atoms with Crippen molar-refractivity contribution in [2.45, 2.75) is 18.9 Å². The van der Waals surface area contributed by atoms with Gasteiger partial charge in [0, 0.05) is 23.6 Å². The molecule has 0 amide bonds. The third-order valence-electron chi connectivity index (χ3n) is 5.15. The van der Waals surface area contributed by atoms with E-state index in [1.807, 2.05) is 29.6 Å². The predicted molar refractivity (Wildman–Crippen MR) is 112 cm³/mol. The van der Waals surface area contributed by atoms with E-state index >= 15 is 0 Å². The minimum Gasteiger partial charge on any atom is -0.485 e. The molecular weight excluding hydrogens is 406 g/mol. The van der Waals surface area contributed by atoms with Crippen LogP contribution in [0.1, 0.15) is 39.7 Å². The molecule has 0 aliphatic carbocycles. The van der Waals surface area contributed by atoms with Crippen LogP contribution in [0.5, 0.6) is 5.75 Å². The van der Waals surface area contributed by atoms with Gasteiger partial charge in [-0.15, -0.1) is 11.3 Å². The Labute approximate surface area is 178 Å². The van der Waals surface area contributed by atoms with Crippen molar-refractivity contribution in [3.05, 3.63) is 63.9 Å². The van der Waals surface area contributed by atoms with Crippen molar-refractivity contribution in [3.8, 4) is 5.75 Å². The Kier molecular flexibility index (Phi) is 7.02. The summed E-state index contributed by atoms with van der Waals surface area (Å²) in [7, 11) is 2.17. The molecule has 158 valence electrons. The molecule has 30 heavy (non-hydrogen) atoms. The van der Waals surface area contributed by atoms with Gasteiger partial charge >= 0.3 is 11.9 Å². The number of hydrogen-bond acceptors (Lipinski definition) is 6. The number of piperidine rings is 1. The van der Waals surface area contributed by atoms with Crippen LogP contribution in [0.3, 0.4) is 0 Å². The van der Waals surface area contributed by atoms with E-state index in [9.17, 15) is 14.4 Å². The van der Waals surface area contributed by atoms with Gasteiger partial charge in [-0.3, -0.25) is 4.79 Å². The first-order valence-corrected chi connectivity index (χ1v) is 10.4. The first-order chi connectivity index (χ1) is 14.4. The molecule has 1 saturated heterocycles. The molecule has 1 aromatic carbocycles. The third-order valence-corrected chi connectivity index (χ3v) is 6.08. The Morgan fingerprint density at radius 2 is 1.73 bits per heavy atom. The predicted octanol–water partition coefficient (Wildman–Crippen LogP) is 3.47. The van der Waals surface area contributed by atoms with Gasteiger partial charge in [0.15, 0.2) is 0 Å². The molecule has 0 spiro atoms. The molecule has 7 nitrogen and oxygen atoms in total. The molecule has 0 saturated carbocycles. The zero-order chi connectivity index (χ0) is 21.7. The maximum Gasteiger partial charge on any atom is 0.328 e. The standard InChI is InChI=1S/C18H19NO2S.C4H4O4/c1-19-9-6-12(7-10-19)17-14-8-11-22-18(14)16(20)13-4-2-3-5-15(13)21-17;5-3(6)1-2-4(7)8/h2-5,8,11-12,17H,6-7,9-10H2,1H3;1-2H,(H,5,6)(H,7,8)/b;2-1+. The second-order valence-electron chi connectivity index (χ2n) is 7.22. The quantitative estimate of drug-likeness (QED) is 0.720. The number of hydrogen-bond donors (Lipinski definition) is 2. The number of ketones is 1. The normalized spacial score (nSPS) is 19.1. The smallest absolute Gasteiger partial charge is 0.328 e. The summed E-state index contributed by atoms with van der Waals surface area (Å²) in [4.78, 5) is 35.1. The number of nitrogens with zero attached hydrogens (tertiary/aromatic N) is 1. The maximum atomic E-state index is 12.8. The number of aliphatic carboxylic acids is 2. The van der Waals surface area contributed by atoms with E-state index in [2.05, 4.69) is 18.0 Å². The van der Waals surface area contributed by atoms with Crippen molar-refractivity contribution in [1.82, 2.24) is 4.90 Å². The van der Waals surface area contributed by atoms with Crippen molar-refractivity contribution in [2.75, 3.05) is 20.1 Å². The lowest BCUT2D eigenvalue weighted by Gasteiger charge is -2.34. The lowest BCUT2D eigenvalue weighted by Crippen LogP contribution is -2.34. The number of rotatable bonds is 3. The molecule has 3 heterocycles. The van der Waals surface area contributed by atoms with Crippen LogP contribution in [0.25, 0.3) is 0 Å². The number of carbonyl (C=O) groups excluding carboxylic acids is 1. The van der Waals surface area contributed by atoms with E-state index in [0.717, 1.165) is 42.1 Å². The van der Waals surface area contributed by atoms with Gasteiger partial charge in [0.1, 0.15) is 11.9 Å². The van der Waals surface area contributed by atoms with Crippen LogP contribution in [0.2, 0.25) is 0 Å². The highest BCUT2D eigenvalue weighted by atomic mass is 32.1. The van der Waals surface area contributed by atoms with Crippen LogP contribution in [-0.2, 0) is 9.59 Å². The lowest BCUT2D eigenvalue weighted by atomic mass is 9.87. The van der Waals surface area contributed by atoms with Gasteiger partial charge in [0.2, 0.25) is 5.78 Å². The van der Waals surface area contributed by atoms with Gasteiger partial charge in [-0.1, -0.05) is 12.1 Å². The minimum absolute atomic E-state index is 0.00236. The second kappa shape index (κ2) is 9.69. The van der Waals surface area contributed by atoms with Crippen molar-refractivity contribution in [1.29, 1.82) is 0 Å². The molecule has 0 radical (unpaired) electrons. The minimum atomic E-state index is -1.26. The highest BCUT2D eigenvalue weighted by Crippen LogP contribution is 2.42. The Morgan fingerprint density at radius 1 is 1.10 bits per heavy atom. The van der Waals surface area contributed by atoms with Crippen LogP contribution in [0.15, 0.2) is 47.9 Å². The van der Waals surface area contributed by atoms with E-state index in [4.69, 9.17) is 14.9 Å². The van der Waals surface area contributed by atoms with Gasteiger partial charge in [-0.25, -0.2) is 9.59 Å². The average molecular weight is 429 g/mol. The summed E-state index contributed by atoms with van der Waals surface area (Å²) in [6.07, 6.45) is 3.35. The molecule has 1 fully saturated rings. The number of carboxylic acid groups (broad SMARTS) is 2. The number of para-hydroxylation sites is 1. The Morgan fingerprint density at radius 3 is 2.37 bits per heavy atom. The molecule has 0 bridgehead atoms. The van der Waals surface area contributed by atoms with Crippen molar-refractivity contribution in [2.24, 2.45) is 5.92 Å². The zero-order valence-electron chi connectivity index (χ0n) is 16.5. The van der Waals surface area contributed by atoms with Gasteiger partial charge in [0.05, 0.1) is 10.4 Å². The molecule has 2 aliphatic rings. The van der Waals surface area contributed by atoms with Crippen LogP contribution in [0, 0.1) is 5.92 Å². The summed E-state index contributed by atoms with van der Waals surface area (Å²) in [5, 5.41) is 17.6. The average Bonchev–Trinajstić information content (AvgIpc) is 3.17. The Bertz CT molecular complexity index is 942. The van der Waals surface area contributed by atoms with E-state index in [1.54, 1.807) is 0 Å². The monoisotopic (exact) mass is 429 g/mol. The van der Waals surface area contributed by atoms with E-state index in [-0.39, 0.29) is 11.9 Å². The first-order valence-electron chi connectivity index (χ1n) is 9.57. The second-order valence-corrected chi connectivity index (χ2v) is 8.14. The molecular formula is C22H23NO6S. The summed E-state index contributed by atoms with van der Waals surface area (Å²) < 4.78 is 6.35.